The van der Waals surface area contributed by atoms with Gasteiger partial charge in [0.05, 0.1) is 18.6 Å². The van der Waals surface area contributed by atoms with Gasteiger partial charge in [0, 0.05) is 13.1 Å². The summed E-state index contributed by atoms with van der Waals surface area (Å²) >= 11 is 0. The first-order valence-corrected chi connectivity index (χ1v) is 11.4. The number of hydrogen-bond acceptors (Lipinski definition) is 6. The fourth-order valence-electron chi connectivity index (χ4n) is 3.87. The number of amides is 3. The first kappa shape index (κ1) is 26.8. The molecule has 0 aliphatic carbocycles. The Balaban J connectivity index is 1.85. The summed E-state index contributed by atoms with van der Waals surface area (Å²) < 4.78 is 0. The molecular weight excluding hydrogens is 438 g/mol. The highest BCUT2D eigenvalue weighted by Crippen LogP contribution is 2.18. The summed E-state index contributed by atoms with van der Waals surface area (Å²) in [6, 6.07) is 7.74. The first-order valence-electron chi connectivity index (χ1n) is 11.4. The number of nitrogens with zero attached hydrogens (tertiary/aromatic N) is 2. The van der Waals surface area contributed by atoms with E-state index in [9.17, 15) is 19.2 Å². The Bertz CT molecular complexity index is 858. The summed E-state index contributed by atoms with van der Waals surface area (Å²) in [4.78, 5) is 54.8. The number of nitrogens with two attached hydrogens (primary N) is 2. The van der Waals surface area contributed by atoms with E-state index in [1.54, 1.807) is 7.05 Å². The molecule has 1 fully saturated rings. The Hall–Kier alpha value is -3.47. The van der Waals surface area contributed by atoms with Crippen molar-refractivity contribution in [3.63, 3.8) is 0 Å². The third-order valence-electron chi connectivity index (χ3n) is 5.70. The fourth-order valence-corrected chi connectivity index (χ4v) is 3.87. The Morgan fingerprint density at radius 3 is 2.62 bits per heavy atom. The first-order chi connectivity index (χ1) is 16.3. The van der Waals surface area contributed by atoms with Crippen LogP contribution in [0.4, 0.5) is 0 Å². The Morgan fingerprint density at radius 2 is 1.97 bits per heavy atom. The van der Waals surface area contributed by atoms with E-state index in [2.05, 4.69) is 20.9 Å². The van der Waals surface area contributed by atoms with E-state index in [1.807, 2.05) is 30.3 Å². The normalized spacial score (nSPS) is 16.9. The smallest absolute Gasteiger partial charge is 0.243 e. The number of guanidine groups is 1. The Morgan fingerprint density at radius 1 is 1.24 bits per heavy atom. The number of likely N-dealkylation sites (N-methyl/N-ethyl adjacent to an activating group) is 1. The zero-order valence-electron chi connectivity index (χ0n) is 19.5. The number of likely N-dealkylation sites (tertiary alicyclic amines) is 1. The SMILES string of the molecule is CNC(Cc1ccccc1)C(=O)NCC(=O)N1CCCC1C(=O)NC(C=O)CCCN=C(N)N. The van der Waals surface area contributed by atoms with Gasteiger partial charge < -0.3 is 37.1 Å². The summed E-state index contributed by atoms with van der Waals surface area (Å²) in [6.45, 7) is 0.571. The molecule has 1 aromatic rings. The molecule has 1 aliphatic rings. The third kappa shape index (κ3) is 8.47. The highest BCUT2D eigenvalue weighted by molar-refractivity contribution is 5.92. The standard InChI is InChI=1S/C23H35N7O4/c1-26-18(13-16-7-3-2-4-8-16)21(33)28-14-20(32)30-12-6-10-19(30)22(34)29-17(15-31)9-5-11-27-23(24)25/h2-4,7-8,15,17-19,26H,5-6,9-14H2,1H3,(H,28,33)(H,29,34)(H4,24,25,27). The summed E-state index contributed by atoms with van der Waals surface area (Å²) in [7, 11) is 1.69. The van der Waals surface area contributed by atoms with Crippen molar-refractivity contribution in [3.05, 3.63) is 35.9 Å². The van der Waals surface area contributed by atoms with E-state index in [0.717, 1.165) is 5.56 Å². The summed E-state index contributed by atoms with van der Waals surface area (Å²) in [5.41, 5.74) is 11.5. The van der Waals surface area contributed by atoms with E-state index < -0.39 is 18.1 Å². The number of carbonyl (C=O) groups is 4. The summed E-state index contributed by atoms with van der Waals surface area (Å²) in [6.07, 6.45) is 3.23. The Kier molecular flexibility index (Phi) is 11.0. The van der Waals surface area contributed by atoms with Crippen LogP contribution < -0.4 is 27.4 Å². The van der Waals surface area contributed by atoms with Crippen LogP contribution in [0.15, 0.2) is 35.3 Å². The number of aliphatic imine (C=N–C) groups is 1. The minimum atomic E-state index is -0.687. The molecule has 0 bridgehead atoms. The topological polar surface area (TPSA) is 172 Å². The van der Waals surface area contributed by atoms with Gasteiger partial charge in [-0.25, -0.2) is 0 Å². The van der Waals surface area contributed by atoms with Crippen molar-refractivity contribution >= 4 is 30.0 Å². The van der Waals surface area contributed by atoms with Crippen LogP contribution >= 0.6 is 0 Å². The molecule has 1 saturated heterocycles. The molecule has 186 valence electrons. The molecule has 3 amide bonds. The number of carbonyl (C=O) groups excluding carboxylic acids is 4. The van der Waals surface area contributed by atoms with Gasteiger partial charge in [0.1, 0.15) is 12.3 Å². The minimum Gasteiger partial charge on any atom is -0.370 e. The second-order valence-electron chi connectivity index (χ2n) is 8.19. The van der Waals surface area contributed by atoms with E-state index >= 15 is 0 Å². The maximum absolute atomic E-state index is 12.8. The quantitative estimate of drug-likeness (QED) is 0.102. The van der Waals surface area contributed by atoms with Crippen LogP contribution in [-0.4, -0.2) is 79.7 Å². The van der Waals surface area contributed by atoms with Crippen molar-refractivity contribution in [2.45, 2.75) is 50.2 Å². The van der Waals surface area contributed by atoms with Gasteiger partial charge in [-0.2, -0.15) is 0 Å². The lowest BCUT2D eigenvalue weighted by Gasteiger charge is -2.26. The number of hydrogen-bond donors (Lipinski definition) is 5. The summed E-state index contributed by atoms with van der Waals surface area (Å²) in [5.74, 6) is -1.04. The zero-order chi connectivity index (χ0) is 24.9. The van der Waals surface area contributed by atoms with E-state index in [1.165, 1.54) is 4.90 Å². The van der Waals surface area contributed by atoms with Crippen LogP contribution in [0.3, 0.4) is 0 Å². The van der Waals surface area contributed by atoms with Crippen LogP contribution in [0.5, 0.6) is 0 Å². The molecule has 0 radical (unpaired) electrons. The van der Waals surface area contributed by atoms with Gasteiger partial charge in [0.15, 0.2) is 5.96 Å². The van der Waals surface area contributed by atoms with Gasteiger partial charge in [0.25, 0.3) is 0 Å². The van der Waals surface area contributed by atoms with Gasteiger partial charge in [-0.1, -0.05) is 30.3 Å². The maximum Gasteiger partial charge on any atom is 0.243 e. The molecule has 1 heterocycles. The number of benzene rings is 1. The van der Waals surface area contributed by atoms with E-state index in [0.29, 0.717) is 51.5 Å². The second-order valence-corrected chi connectivity index (χ2v) is 8.19. The molecule has 1 aliphatic heterocycles. The van der Waals surface area contributed by atoms with Gasteiger partial charge >= 0.3 is 0 Å². The number of nitrogens with one attached hydrogen (secondary N) is 3. The van der Waals surface area contributed by atoms with Gasteiger partial charge in [-0.3, -0.25) is 19.4 Å². The van der Waals surface area contributed by atoms with Gasteiger partial charge in [-0.05, 0) is 44.7 Å². The highest BCUT2D eigenvalue weighted by atomic mass is 16.2. The monoisotopic (exact) mass is 473 g/mol. The lowest BCUT2D eigenvalue weighted by molar-refractivity contribution is -0.139. The molecule has 11 nitrogen and oxygen atoms in total. The molecular formula is C23H35N7O4. The van der Waals surface area contributed by atoms with Crippen molar-refractivity contribution in [2.24, 2.45) is 16.5 Å². The van der Waals surface area contributed by atoms with Crippen molar-refractivity contribution < 1.29 is 19.2 Å². The van der Waals surface area contributed by atoms with Gasteiger partial charge in [0.2, 0.25) is 17.7 Å². The molecule has 7 N–H and O–H groups in total. The molecule has 11 heteroatoms. The lowest BCUT2D eigenvalue weighted by Crippen LogP contribution is -2.52. The molecule has 0 aromatic heterocycles. The van der Waals surface area contributed by atoms with Crippen LogP contribution in [0.2, 0.25) is 0 Å². The number of rotatable bonds is 13. The Labute approximate surface area is 199 Å². The van der Waals surface area contributed by atoms with Gasteiger partial charge in [-0.15, -0.1) is 0 Å². The van der Waals surface area contributed by atoms with Crippen LogP contribution in [0.25, 0.3) is 0 Å². The predicted molar refractivity (Wildman–Crippen MR) is 129 cm³/mol. The van der Waals surface area contributed by atoms with Crippen molar-refractivity contribution in [2.75, 3.05) is 26.7 Å². The highest BCUT2D eigenvalue weighted by Gasteiger charge is 2.35. The van der Waals surface area contributed by atoms with Crippen LogP contribution in [-0.2, 0) is 25.6 Å². The van der Waals surface area contributed by atoms with Crippen LogP contribution in [0.1, 0.15) is 31.2 Å². The number of aldehydes is 1. The lowest BCUT2D eigenvalue weighted by atomic mass is 10.1. The minimum absolute atomic E-state index is 0.0278. The maximum atomic E-state index is 12.8. The van der Waals surface area contributed by atoms with Crippen molar-refractivity contribution in [3.8, 4) is 0 Å². The molecule has 0 saturated carbocycles. The van der Waals surface area contributed by atoms with Crippen LogP contribution in [0, 0.1) is 0 Å². The summed E-state index contributed by atoms with van der Waals surface area (Å²) in [5, 5.41) is 8.33. The average molecular weight is 474 g/mol. The molecule has 34 heavy (non-hydrogen) atoms. The molecule has 3 atom stereocenters. The predicted octanol–water partition coefficient (Wildman–Crippen LogP) is -1.34. The van der Waals surface area contributed by atoms with E-state index in [-0.39, 0.29) is 30.2 Å². The van der Waals surface area contributed by atoms with Crippen molar-refractivity contribution in [1.29, 1.82) is 0 Å². The zero-order valence-corrected chi connectivity index (χ0v) is 19.5. The second kappa shape index (κ2) is 13.9. The molecule has 0 spiro atoms. The molecule has 2 rings (SSSR count). The largest absolute Gasteiger partial charge is 0.370 e. The fraction of sp³-hybridized carbons (Fsp3) is 0.522. The molecule has 1 aromatic carbocycles. The van der Waals surface area contributed by atoms with Crippen molar-refractivity contribution in [1.82, 2.24) is 20.9 Å². The third-order valence-corrected chi connectivity index (χ3v) is 5.70. The molecule has 3 unspecified atom stereocenters. The van der Waals surface area contributed by atoms with E-state index in [4.69, 9.17) is 11.5 Å². The average Bonchev–Trinajstić information content (AvgIpc) is 3.33.